The maximum absolute atomic E-state index is 11.7. The second-order valence-corrected chi connectivity index (χ2v) is 5.66. The SMILES string of the molecule is CC.CC(C)(C)OC(=O)NC1CCCC[C@@H]1CC#N. The Kier molecular flexibility index (Phi) is 8.22. The summed E-state index contributed by atoms with van der Waals surface area (Å²) >= 11 is 0. The van der Waals surface area contributed by atoms with Gasteiger partial charge in [0.25, 0.3) is 0 Å². The van der Waals surface area contributed by atoms with Crippen molar-refractivity contribution in [1.29, 1.82) is 5.26 Å². The first-order valence-electron chi connectivity index (χ1n) is 7.29. The lowest BCUT2D eigenvalue weighted by molar-refractivity contribution is 0.0470. The summed E-state index contributed by atoms with van der Waals surface area (Å²) in [6.07, 6.45) is 4.38. The zero-order valence-corrected chi connectivity index (χ0v) is 13.0. The van der Waals surface area contributed by atoms with Gasteiger partial charge in [0.05, 0.1) is 6.07 Å². The molecule has 0 heterocycles. The van der Waals surface area contributed by atoms with Crippen molar-refractivity contribution in [1.82, 2.24) is 5.32 Å². The standard InChI is InChI=1S/C13H22N2O2.C2H6/c1-13(2,3)17-12(16)15-11-7-5-4-6-10(11)8-9-14;1-2/h10-11H,4-8H2,1-3H3,(H,15,16);1-2H3/t10-,11?;/m1./s1. The van der Waals surface area contributed by atoms with Crippen LogP contribution in [0.3, 0.4) is 0 Å². The number of carbonyl (C=O) groups excluding carboxylic acids is 1. The highest BCUT2D eigenvalue weighted by molar-refractivity contribution is 5.68. The maximum Gasteiger partial charge on any atom is 0.407 e. The van der Waals surface area contributed by atoms with E-state index in [0.29, 0.717) is 6.42 Å². The van der Waals surface area contributed by atoms with Gasteiger partial charge in [0.1, 0.15) is 5.60 Å². The van der Waals surface area contributed by atoms with Gasteiger partial charge < -0.3 is 10.1 Å². The molecule has 2 atom stereocenters. The summed E-state index contributed by atoms with van der Waals surface area (Å²) in [5, 5.41) is 11.7. The van der Waals surface area contributed by atoms with Crippen molar-refractivity contribution in [3.63, 3.8) is 0 Å². The van der Waals surface area contributed by atoms with Crippen LogP contribution < -0.4 is 5.32 Å². The molecule has 0 saturated heterocycles. The second-order valence-electron chi connectivity index (χ2n) is 5.66. The molecule has 1 N–H and O–H groups in total. The van der Waals surface area contributed by atoms with Crippen molar-refractivity contribution in [2.75, 3.05) is 0 Å². The first-order chi connectivity index (χ1) is 8.92. The number of nitrogens with zero attached hydrogens (tertiary/aromatic N) is 1. The Morgan fingerprint density at radius 2 is 1.89 bits per heavy atom. The van der Waals surface area contributed by atoms with Crippen molar-refractivity contribution in [3.05, 3.63) is 0 Å². The van der Waals surface area contributed by atoms with Crippen LogP contribution >= 0.6 is 0 Å². The topological polar surface area (TPSA) is 62.1 Å². The molecule has 4 heteroatoms. The van der Waals surface area contributed by atoms with E-state index in [9.17, 15) is 4.79 Å². The molecule has 0 aromatic rings. The van der Waals surface area contributed by atoms with Crippen LogP contribution in [0.15, 0.2) is 0 Å². The predicted octanol–water partition coefficient (Wildman–Crippen LogP) is 4.01. The fourth-order valence-corrected chi connectivity index (χ4v) is 2.22. The number of hydrogen-bond donors (Lipinski definition) is 1. The van der Waals surface area contributed by atoms with Gasteiger partial charge in [-0.3, -0.25) is 0 Å². The number of carbonyl (C=O) groups is 1. The normalized spacial score (nSPS) is 22.5. The molecule has 4 nitrogen and oxygen atoms in total. The highest BCUT2D eigenvalue weighted by Gasteiger charge is 2.27. The molecule has 1 amide bonds. The summed E-state index contributed by atoms with van der Waals surface area (Å²) < 4.78 is 5.23. The molecular formula is C15H28N2O2. The average molecular weight is 268 g/mol. The highest BCUT2D eigenvalue weighted by atomic mass is 16.6. The van der Waals surface area contributed by atoms with Gasteiger partial charge in [0.15, 0.2) is 0 Å². The van der Waals surface area contributed by atoms with Gasteiger partial charge in [0.2, 0.25) is 0 Å². The Hall–Kier alpha value is -1.24. The first-order valence-corrected chi connectivity index (χ1v) is 7.29. The average Bonchev–Trinajstić information content (AvgIpc) is 2.32. The van der Waals surface area contributed by atoms with Crippen LogP contribution in [0.4, 0.5) is 4.79 Å². The minimum atomic E-state index is -0.469. The Balaban J connectivity index is 0.00000154. The lowest BCUT2D eigenvalue weighted by Crippen LogP contribution is -2.44. The van der Waals surface area contributed by atoms with Gasteiger partial charge in [-0.1, -0.05) is 26.7 Å². The fraction of sp³-hybridized carbons (Fsp3) is 0.867. The van der Waals surface area contributed by atoms with Gasteiger partial charge in [0, 0.05) is 12.5 Å². The Labute approximate surface area is 117 Å². The summed E-state index contributed by atoms with van der Waals surface area (Å²) in [5.74, 6) is 0.279. The molecule has 0 radical (unpaired) electrons. The largest absolute Gasteiger partial charge is 0.444 e. The molecule has 19 heavy (non-hydrogen) atoms. The Morgan fingerprint density at radius 1 is 1.32 bits per heavy atom. The van der Waals surface area contributed by atoms with E-state index in [1.165, 1.54) is 0 Å². The van der Waals surface area contributed by atoms with Crippen LogP contribution in [0.2, 0.25) is 0 Å². The summed E-state index contributed by atoms with van der Waals surface area (Å²) in [6, 6.07) is 2.29. The van der Waals surface area contributed by atoms with Crippen LogP contribution in [0.5, 0.6) is 0 Å². The minimum absolute atomic E-state index is 0.0956. The molecule has 1 saturated carbocycles. The van der Waals surface area contributed by atoms with Crippen molar-refractivity contribution < 1.29 is 9.53 Å². The molecule has 1 rings (SSSR count). The highest BCUT2D eigenvalue weighted by Crippen LogP contribution is 2.27. The van der Waals surface area contributed by atoms with Crippen LogP contribution in [0, 0.1) is 17.2 Å². The summed E-state index contributed by atoms with van der Waals surface area (Å²) in [4.78, 5) is 11.7. The Bertz CT molecular complexity index is 302. The van der Waals surface area contributed by atoms with Gasteiger partial charge >= 0.3 is 6.09 Å². The summed E-state index contributed by atoms with van der Waals surface area (Å²) in [6.45, 7) is 9.54. The quantitative estimate of drug-likeness (QED) is 0.823. The van der Waals surface area contributed by atoms with Crippen LogP contribution in [-0.4, -0.2) is 17.7 Å². The molecule has 1 unspecified atom stereocenters. The molecular weight excluding hydrogens is 240 g/mol. The Morgan fingerprint density at radius 3 is 2.42 bits per heavy atom. The van der Waals surface area contributed by atoms with E-state index in [0.717, 1.165) is 25.7 Å². The van der Waals surface area contributed by atoms with Gasteiger partial charge in [-0.2, -0.15) is 5.26 Å². The summed E-state index contributed by atoms with van der Waals surface area (Å²) in [5.41, 5.74) is -0.469. The first kappa shape index (κ1) is 17.8. The third kappa shape index (κ3) is 7.71. The number of hydrogen-bond acceptors (Lipinski definition) is 3. The molecule has 0 aromatic heterocycles. The van der Waals surface area contributed by atoms with E-state index in [4.69, 9.17) is 10.00 Å². The minimum Gasteiger partial charge on any atom is -0.444 e. The number of ether oxygens (including phenoxy) is 1. The van der Waals surface area contributed by atoms with E-state index in [-0.39, 0.29) is 18.1 Å². The number of amides is 1. The smallest absolute Gasteiger partial charge is 0.407 e. The molecule has 0 aromatic carbocycles. The third-order valence-corrected chi connectivity index (χ3v) is 2.96. The third-order valence-electron chi connectivity index (χ3n) is 2.96. The van der Waals surface area contributed by atoms with E-state index < -0.39 is 5.60 Å². The van der Waals surface area contributed by atoms with E-state index in [2.05, 4.69) is 11.4 Å². The molecule has 0 bridgehead atoms. The van der Waals surface area contributed by atoms with Gasteiger partial charge in [-0.25, -0.2) is 4.79 Å². The van der Waals surface area contributed by atoms with Crippen molar-refractivity contribution in [2.24, 2.45) is 5.92 Å². The summed E-state index contributed by atoms with van der Waals surface area (Å²) in [7, 11) is 0. The maximum atomic E-state index is 11.7. The number of nitriles is 1. The second kappa shape index (κ2) is 8.79. The zero-order valence-electron chi connectivity index (χ0n) is 13.0. The van der Waals surface area contributed by atoms with Gasteiger partial charge in [-0.05, 0) is 39.5 Å². The molecule has 0 aliphatic heterocycles. The predicted molar refractivity (Wildman–Crippen MR) is 76.7 cm³/mol. The van der Waals surface area contributed by atoms with E-state index >= 15 is 0 Å². The van der Waals surface area contributed by atoms with E-state index in [1.54, 1.807) is 0 Å². The lowest BCUT2D eigenvalue weighted by atomic mass is 9.83. The molecule has 1 fully saturated rings. The van der Waals surface area contributed by atoms with Crippen molar-refractivity contribution in [2.45, 2.75) is 78.4 Å². The zero-order chi connectivity index (χ0) is 14.9. The monoisotopic (exact) mass is 268 g/mol. The van der Waals surface area contributed by atoms with E-state index in [1.807, 2.05) is 34.6 Å². The lowest BCUT2D eigenvalue weighted by Gasteiger charge is -2.31. The molecule has 0 spiro atoms. The number of nitrogens with one attached hydrogen (secondary N) is 1. The fourth-order valence-electron chi connectivity index (χ4n) is 2.22. The van der Waals surface area contributed by atoms with Crippen molar-refractivity contribution >= 4 is 6.09 Å². The van der Waals surface area contributed by atoms with Crippen LogP contribution in [0.1, 0.15) is 66.7 Å². The van der Waals surface area contributed by atoms with Gasteiger partial charge in [-0.15, -0.1) is 0 Å². The number of rotatable bonds is 2. The molecule has 110 valence electrons. The number of alkyl carbamates (subject to hydrolysis) is 1. The molecule has 1 aliphatic carbocycles. The van der Waals surface area contributed by atoms with Crippen LogP contribution in [0.25, 0.3) is 0 Å². The van der Waals surface area contributed by atoms with Crippen molar-refractivity contribution in [3.8, 4) is 6.07 Å². The van der Waals surface area contributed by atoms with Crippen LogP contribution in [-0.2, 0) is 4.74 Å². The molecule has 1 aliphatic rings.